The van der Waals surface area contributed by atoms with Crippen LogP contribution in [0.3, 0.4) is 0 Å². The molecule has 4 rings (SSSR count). The molecule has 0 atom stereocenters. The van der Waals surface area contributed by atoms with Crippen molar-refractivity contribution in [1.82, 2.24) is 0 Å². The molecule has 1 heterocycles. The lowest BCUT2D eigenvalue weighted by Crippen LogP contribution is -2.27. The van der Waals surface area contributed by atoms with E-state index in [1.165, 1.54) is 18.2 Å². The summed E-state index contributed by atoms with van der Waals surface area (Å²) in [6, 6.07) is 15.7. The van der Waals surface area contributed by atoms with E-state index in [0.29, 0.717) is 27.0 Å². The number of alkyl halides is 3. The van der Waals surface area contributed by atoms with Crippen LogP contribution in [0, 0.1) is 0 Å². The molecular weight excluding hydrogens is 568 g/mol. The van der Waals surface area contributed by atoms with Gasteiger partial charge in [-0.15, -0.1) is 0 Å². The third kappa shape index (κ3) is 6.64. The fraction of sp³-hybridized carbons (Fsp3) is 0.0800. The topological polar surface area (TPSA) is 58.6 Å². The Labute approximate surface area is 229 Å². The number of halogens is 5. The van der Waals surface area contributed by atoms with Crippen LogP contribution in [0.25, 0.3) is 6.08 Å². The first-order chi connectivity index (χ1) is 17.5. The highest BCUT2D eigenvalue weighted by Crippen LogP contribution is 2.38. The van der Waals surface area contributed by atoms with Crippen LogP contribution in [0.15, 0.2) is 71.6 Å². The van der Waals surface area contributed by atoms with Crippen molar-refractivity contribution in [3.63, 3.8) is 0 Å². The van der Waals surface area contributed by atoms with Gasteiger partial charge in [0.2, 0.25) is 0 Å². The molecule has 2 amide bonds. The van der Waals surface area contributed by atoms with Gasteiger partial charge in [-0.3, -0.25) is 14.5 Å². The number of anilines is 2. The summed E-state index contributed by atoms with van der Waals surface area (Å²) in [5.74, 6) is -0.537. The van der Waals surface area contributed by atoms with E-state index in [4.69, 9.17) is 40.2 Å². The number of carbonyl (C=O) groups is 2. The van der Waals surface area contributed by atoms with Crippen LogP contribution in [0.1, 0.15) is 11.1 Å². The zero-order valence-corrected chi connectivity index (χ0v) is 21.7. The van der Waals surface area contributed by atoms with Crippen molar-refractivity contribution >= 4 is 80.8 Å². The minimum atomic E-state index is -4.54. The minimum absolute atomic E-state index is 0.0441. The molecule has 3 aromatic rings. The maximum Gasteiger partial charge on any atom is 0.416 e. The molecule has 0 saturated carbocycles. The maximum absolute atomic E-state index is 13.1. The lowest BCUT2D eigenvalue weighted by molar-refractivity contribution is -0.137. The van der Waals surface area contributed by atoms with Gasteiger partial charge in [-0.1, -0.05) is 65.4 Å². The number of amides is 2. The van der Waals surface area contributed by atoms with E-state index in [-0.39, 0.29) is 21.5 Å². The zero-order chi connectivity index (χ0) is 26.7. The fourth-order valence-corrected chi connectivity index (χ4v) is 5.00. The van der Waals surface area contributed by atoms with Crippen molar-refractivity contribution in [1.29, 1.82) is 0 Å². The average Bonchev–Trinajstić information content (AvgIpc) is 3.12. The van der Waals surface area contributed by atoms with Gasteiger partial charge < -0.3 is 10.1 Å². The van der Waals surface area contributed by atoms with Crippen LogP contribution in [-0.4, -0.2) is 22.7 Å². The highest BCUT2D eigenvalue weighted by molar-refractivity contribution is 8.27. The first-order valence-corrected chi connectivity index (χ1v) is 12.4. The van der Waals surface area contributed by atoms with Gasteiger partial charge in [0, 0.05) is 5.02 Å². The van der Waals surface area contributed by atoms with Gasteiger partial charge in [0.15, 0.2) is 10.9 Å². The Morgan fingerprint density at radius 3 is 2.49 bits per heavy atom. The monoisotopic (exact) mass is 582 g/mol. The molecule has 37 heavy (non-hydrogen) atoms. The maximum atomic E-state index is 13.1. The number of thiocarbonyl (C=S) groups is 1. The normalized spacial score (nSPS) is 14.8. The van der Waals surface area contributed by atoms with Crippen molar-refractivity contribution in [3.05, 3.63) is 92.8 Å². The molecule has 1 fully saturated rings. The summed E-state index contributed by atoms with van der Waals surface area (Å²) in [7, 11) is 0. The highest BCUT2D eigenvalue weighted by Gasteiger charge is 2.36. The van der Waals surface area contributed by atoms with Gasteiger partial charge in [0.05, 0.1) is 26.9 Å². The number of nitrogens with zero attached hydrogens (tertiary/aromatic N) is 1. The Hall–Kier alpha value is -3.05. The zero-order valence-electron chi connectivity index (χ0n) is 18.5. The standard InChI is InChI=1S/C25H15Cl2F3N2O3S2/c26-16-6-9-20(19(27)12-16)31-22(33)13-35-18-7-4-14(5-8-18)10-21-23(34)32(24(36)37-21)17-3-1-2-15(11-17)25(28,29)30/h1-12H,13H2,(H,31,33)/b21-10-. The molecular formula is C25H15Cl2F3N2O3S2. The van der Waals surface area contributed by atoms with E-state index in [0.717, 1.165) is 28.8 Å². The Morgan fingerprint density at radius 2 is 1.81 bits per heavy atom. The van der Waals surface area contributed by atoms with Gasteiger partial charge in [-0.25, -0.2) is 0 Å². The number of hydrogen-bond acceptors (Lipinski definition) is 5. The Morgan fingerprint density at radius 1 is 1.08 bits per heavy atom. The van der Waals surface area contributed by atoms with Crippen LogP contribution in [0.5, 0.6) is 5.75 Å². The number of rotatable bonds is 6. The summed E-state index contributed by atoms with van der Waals surface area (Å²) in [5, 5.41) is 3.36. The van der Waals surface area contributed by atoms with E-state index >= 15 is 0 Å². The summed E-state index contributed by atoms with van der Waals surface area (Å²) in [6.45, 7) is -0.270. The van der Waals surface area contributed by atoms with E-state index in [1.54, 1.807) is 42.5 Å². The first kappa shape index (κ1) is 27.0. The third-order valence-corrected chi connectivity index (χ3v) is 6.83. The molecule has 1 N–H and O–H groups in total. The predicted molar refractivity (Wildman–Crippen MR) is 144 cm³/mol. The molecule has 0 aliphatic carbocycles. The molecule has 190 valence electrons. The second-order valence-electron chi connectivity index (χ2n) is 7.60. The van der Waals surface area contributed by atoms with Gasteiger partial charge in [0.1, 0.15) is 5.75 Å². The van der Waals surface area contributed by atoms with Gasteiger partial charge in [-0.2, -0.15) is 13.2 Å². The summed E-state index contributed by atoms with van der Waals surface area (Å²) in [5.41, 5.74) is 0.206. The Balaban J connectivity index is 1.39. The summed E-state index contributed by atoms with van der Waals surface area (Å²) in [4.78, 5) is 26.4. The molecule has 5 nitrogen and oxygen atoms in total. The highest BCUT2D eigenvalue weighted by atomic mass is 35.5. The number of benzene rings is 3. The van der Waals surface area contributed by atoms with Crippen LogP contribution in [0.4, 0.5) is 24.5 Å². The molecule has 3 aromatic carbocycles. The number of ether oxygens (including phenoxy) is 1. The van der Waals surface area contributed by atoms with Gasteiger partial charge in [-0.05, 0) is 60.2 Å². The fourth-order valence-electron chi connectivity index (χ4n) is 3.25. The summed E-state index contributed by atoms with van der Waals surface area (Å²) < 4.78 is 44.8. The van der Waals surface area contributed by atoms with Gasteiger partial charge >= 0.3 is 6.18 Å². The van der Waals surface area contributed by atoms with Crippen LogP contribution >= 0.6 is 47.2 Å². The predicted octanol–water partition coefficient (Wildman–Crippen LogP) is 7.44. The Bertz CT molecular complexity index is 1410. The van der Waals surface area contributed by atoms with Crippen molar-refractivity contribution < 1.29 is 27.5 Å². The average molecular weight is 583 g/mol. The molecule has 0 bridgehead atoms. The van der Waals surface area contributed by atoms with Crippen LogP contribution < -0.4 is 15.0 Å². The number of nitrogens with one attached hydrogen (secondary N) is 1. The lowest BCUT2D eigenvalue weighted by Gasteiger charge is -2.16. The van der Waals surface area contributed by atoms with Crippen molar-refractivity contribution in [2.75, 3.05) is 16.8 Å². The second kappa shape index (κ2) is 11.1. The first-order valence-electron chi connectivity index (χ1n) is 10.4. The van der Waals surface area contributed by atoms with Crippen molar-refractivity contribution in [2.24, 2.45) is 0 Å². The molecule has 0 radical (unpaired) electrons. The van der Waals surface area contributed by atoms with Crippen molar-refractivity contribution in [3.8, 4) is 5.75 Å². The van der Waals surface area contributed by atoms with Crippen molar-refractivity contribution in [2.45, 2.75) is 6.18 Å². The summed E-state index contributed by atoms with van der Waals surface area (Å²) >= 11 is 18.1. The van der Waals surface area contributed by atoms with E-state index in [9.17, 15) is 22.8 Å². The number of carbonyl (C=O) groups excluding carboxylic acids is 2. The molecule has 1 aliphatic heterocycles. The molecule has 1 aliphatic rings. The molecule has 12 heteroatoms. The number of hydrogen-bond donors (Lipinski definition) is 1. The second-order valence-corrected chi connectivity index (χ2v) is 10.1. The van der Waals surface area contributed by atoms with Crippen LogP contribution in [-0.2, 0) is 15.8 Å². The largest absolute Gasteiger partial charge is 0.484 e. The Kier molecular flexibility index (Phi) is 8.13. The SMILES string of the molecule is O=C(COc1ccc(/C=C2\SC(=S)N(c3cccc(C(F)(F)F)c3)C2=O)cc1)Nc1ccc(Cl)cc1Cl. The minimum Gasteiger partial charge on any atom is -0.484 e. The molecule has 1 saturated heterocycles. The molecule has 0 aromatic heterocycles. The molecule has 0 spiro atoms. The molecule has 0 unspecified atom stereocenters. The lowest BCUT2D eigenvalue weighted by atomic mass is 10.1. The van der Waals surface area contributed by atoms with E-state index in [1.807, 2.05) is 0 Å². The van der Waals surface area contributed by atoms with E-state index in [2.05, 4.69) is 5.32 Å². The van der Waals surface area contributed by atoms with Gasteiger partial charge in [0.25, 0.3) is 11.8 Å². The smallest absolute Gasteiger partial charge is 0.416 e. The van der Waals surface area contributed by atoms with Crippen LogP contribution in [0.2, 0.25) is 10.0 Å². The number of thioether (sulfide) groups is 1. The quantitative estimate of drug-likeness (QED) is 0.242. The van der Waals surface area contributed by atoms with E-state index < -0.39 is 23.6 Å². The third-order valence-electron chi connectivity index (χ3n) is 4.98. The summed E-state index contributed by atoms with van der Waals surface area (Å²) in [6.07, 6.45) is -2.97.